The highest BCUT2D eigenvalue weighted by atomic mass is 32.2. The Balaban J connectivity index is 1.75. The first-order chi connectivity index (χ1) is 13.1. The Morgan fingerprint density at radius 3 is 2.07 bits per heavy atom. The summed E-state index contributed by atoms with van der Waals surface area (Å²) >= 11 is 7.15. The van der Waals surface area contributed by atoms with Crippen molar-refractivity contribution in [2.24, 2.45) is 0 Å². The minimum atomic E-state index is 0.449. The van der Waals surface area contributed by atoms with Crippen LogP contribution in [0.2, 0.25) is 0 Å². The lowest BCUT2D eigenvalue weighted by Gasteiger charge is -2.23. The molecule has 0 unspecified atom stereocenters. The van der Waals surface area contributed by atoms with E-state index in [9.17, 15) is 0 Å². The average molecular weight is 398 g/mol. The smallest absolute Gasteiger partial charge is 0.180 e. The van der Waals surface area contributed by atoms with E-state index in [1.54, 1.807) is 11.8 Å². The molecular formula is C22H23NO2S2. The molecule has 2 aromatic rings. The average Bonchev–Trinajstić information content (AvgIpc) is 3.14. The quantitative estimate of drug-likeness (QED) is 0.332. The molecule has 0 radical (unpaired) electrons. The van der Waals surface area contributed by atoms with E-state index in [1.165, 1.54) is 0 Å². The normalized spacial score (nSPS) is 14.7. The van der Waals surface area contributed by atoms with Crippen LogP contribution in [0.4, 0.5) is 0 Å². The van der Waals surface area contributed by atoms with Gasteiger partial charge in [-0.05, 0) is 18.1 Å². The molecule has 0 N–H and O–H groups in total. The fourth-order valence-corrected chi connectivity index (χ4v) is 4.06. The van der Waals surface area contributed by atoms with Crippen molar-refractivity contribution in [3.8, 4) is 0 Å². The lowest BCUT2D eigenvalue weighted by molar-refractivity contribution is 0.131. The first kappa shape index (κ1) is 19.5. The number of rotatable bonds is 8. The van der Waals surface area contributed by atoms with Gasteiger partial charge < -0.3 is 14.4 Å². The van der Waals surface area contributed by atoms with Crippen LogP contribution >= 0.6 is 24.0 Å². The van der Waals surface area contributed by atoms with Gasteiger partial charge in [0.25, 0.3) is 0 Å². The van der Waals surface area contributed by atoms with Crippen LogP contribution in [0.1, 0.15) is 18.1 Å². The van der Waals surface area contributed by atoms with Crippen LogP contribution in [-0.4, -0.2) is 21.5 Å². The summed E-state index contributed by atoms with van der Waals surface area (Å²) in [6.07, 6.45) is 0. The minimum Gasteiger partial charge on any atom is -0.486 e. The SMILES string of the molecule is C=C(OCc1ccccc1)/C(OCc1ccccc1)=C(\C)N1CCSC1=S. The van der Waals surface area contributed by atoms with Crippen molar-refractivity contribution in [3.63, 3.8) is 0 Å². The van der Waals surface area contributed by atoms with Crippen LogP contribution in [0.5, 0.6) is 0 Å². The number of thiocarbonyl (C=S) groups is 1. The Kier molecular flexibility index (Phi) is 6.96. The van der Waals surface area contributed by atoms with Crippen molar-refractivity contribution in [2.45, 2.75) is 20.1 Å². The van der Waals surface area contributed by atoms with Crippen LogP contribution in [0, 0.1) is 0 Å². The number of hydrogen-bond acceptors (Lipinski definition) is 4. The summed E-state index contributed by atoms with van der Waals surface area (Å²) in [4.78, 5) is 2.09. The van der Waals surface area contributed by atoms with Gasteiger partial charge in [0.15, 0.2) is 11.5 Å². The predicted octanol–water partition coefficient (Wildman–Crippen LogP) is 5.50. The Morgan fingerprint density at radius 1 is 1.00 bits per heavy atom. The van der Waals surface area contributed by atoms with E-state index in [2.05, 4.69) is 11.5 Å². The molecule has 1 saturated heterocycles. The van der Waals surface area contributed by atoms with Gasteiger partial charge in [0.05, 0.1) is 5.70 Å². The van der Waals surface area contributed by atoms with E-state index in [0.717, 1.165) is 33.4 Å². The van der Waals surface area contributed by atoms with Crippen molar-refractivity contribution in [3.05, 3.63) is 95.6 Å². The third-order valence-electron chi connectivity index (χ3n) is 4.23. The number of thioether (sulfide) groups is 1. The van der Waals surface area contributed by atoms with E-state index < -0.39 is 0 Å². The molecule has 5 heteroatoms. The maximum Gasteiger partial charge on any atom is 0.180 e. The molecule has 1 aliphatic heterocycles. The summed E-state index contributed by atoms with van der Waals surface area (Å²) in [6.45, 7) is 7.90. The van der Waals surface area contributed by atoms with Gasteiger partial charge in [0.1, 0.15) is 17.5 Å². The summed E-state index contributed by atoms with van der Waals surface area (Å²) in [5.41, 5.74) is 3.13. The van der Waals surface area contributed by atoms with Crippen molar-refractivity contribution < 1.29 is 9.47 Å². The fourth-order valence-electron chi connectivity index (χ4n) is 2.75. The van der Waals surface area contributed by atoms with Gasteiger partial charge in [-0.25, -0.2) is 0 Å². The van der Waals surface area contributed by atoms with E-state index in [4.69, 9.17) is 21.7 Å². The first-order valence-electron chi connectivity index (χ1n) is 8.83. The second-order valence-electron chi connectivity index (χ2n) is 6.15. The molecule has 1 aliphatic rings. The highest BCUT2D eigenvalue weighted by Crippen LogP contribution is 2.28. The number of allylic oxidation sites excluding steroid dienone is 1. The van der Waals surface area contributed by atoms with Gasteiger partial charge in [-0.15, -0.1) is 0 Å². The second kappa shape index (κ2) is 9.62. The highest BCUT2D eigenvalue weighted by Gasteiger charge is 2.23. The topological polar surface area (TPSA) is 21.7 Å². The van der Waals surface area contributed by atoms with Crippen molar-refractivity contribution >= 4 is 28.3 Å². The Bertz CT molecular complexity index is 819. The van der Waals surface area contributed by atoms with E-state index in [-0.39, 0.29) is 0 Å². The molecule has 1 fully saturated rings. The Morgan fingerprint density at radius 2 is 1.56 bits per heavy atom. The molecule has 0 amide bonds. The van der Waals surface area contributed by atoms with E-state index in [1.807, 2.05) is 67.6 Å². The fraction of sp³-hybridized carbons (Fsp3) is 0.227. The van der Waals surface area contributed by atoms with Crippen molar-refractivity contribution in [1.29, 1.82) is 0 Å². The zero-order valence-electron chi connectivity index (χ0n) is 15.4. The summed E-state index contributed by atoms with van der Waals surface area (Å²) < 4.78 is 13.0. The number of hydrogen-bond donors (Lipinski definition) is 0. The van der Waals surface area contributed by atoms with E-state index >= 15 is 0 Å². The zero-order chi connectivity index (χ0) is 19.1. The molecule has 0 bridgehead atoms. The molecule has 3 rings (SSSR count). The molecule has 1 heterocycles. The summed E-state index contributed by atoms with van der Waals surface area (Å²) in [7, 11) is 0. The Hall–Kier alpha value is -2.24. The minimum absolute atomic E-state index is 0.449. The van der Waals surface area contributed by atoms with Crippen LogP contribution in [-0.2, 0) is 22.7 Å². The molecule has 2 aromatic carbocycles. The van der Waals surface area contributed by atoms with Crippen molar-refractivity contribution in [1.82, 2.24) is 4.90 Å². The van der Waals surface area contributed by atoms with Gasteiger partial charge in [0.2, 0.25) is 0 Å². The summed E-state index contributed by atoms with van der Waals surface area (Å²) in [5, 5.41) is 0. The van der Waals surface area contributed by atoms with Crippen molar-refractivity contribution in [2.75, 3.05) is 12.3 Å². The maximum absolute atomic E-state index is 6.15. The molecule has 27 heavy (non-hydrogen) atoms. The molecule has 0 aromatic heterocycles. The molecule has 3 nitrogen and oxygen atoms in total. The second-order valence-corrected chi connectivity index (χ2v) is 7.88. The third kappa shape index (κ3) is 5.37. The van der Waals surface area contributed by atoms with Gasteiger partial charge in [-0.2, -0.15) is 0 Å². The van der Waals surface area contributed by atoms with Gasteiger partial charge >= 0.3 is 0 Å². The molecule has 0 spiro atoms. The summed E-state index contributed by atoms with van der Waals surface area (Å²) in [6, 6.07) is 20.1. The largest absolute Gasteiger partial charge is 0.486 e. The predicted molar refractivity (Wildman–Crippen MR) is 116 cm³/mol. The molecule has 140 valence electrons. The Labute approximate surface area is 170 Å². The zero-order valence-corrected chi connectivity index (χ0v) is 17.0. The highest BCUT2D eigenvalue weighted by molar-refractivity contribution is 8.23. The van der Waals surface area contributed by atoms with Crippen LogP contribution in [0.3, 0.4) is 0 Å². The van der Waals surface area contributed by atoms with Gasteiger partial charge in [0, 0.05) is 12.3 Å². The number of ether oxygens (including phenoxy) is 2. The van der Waals surface area contributed by atoms with Crippen LogP contribution < -0.4 is 0 Å². The molecule has 0 saturated carbocycles. The lowest BCUT2D eigenvalue weighted by atomic mass is 10.2. The number of benzene rings is 2. The molecular weight excluding hydrogens is 374 g/mol. The maximum atomic E-state index is 6.15. The first-order valence-corrected chi connectivity index (χ1v) is 10.2. The molecule has 0 atom stereocenters. The lowest BCUT2D eigenvalue weighted by Crippen LogP contribution is -2.23. The molecule has 0 aliphatic carbocycles. The number of nitrogens with zero attached hydrogens (tertiary/aromatic N) is 1. The van der Waals surface area contributed by atoms with Gasteiger partial charge in [-0.3, -0.25) is 0 Å². The monoisotopic (exact) mass is 397 g/mol. The third-order valence-corrected chi connectivity index (χ3v) is 5.66. The van der Waals surface area contributed by atoms with Crippen LogP contribution in [0.15, 0.2) is 84.5 Å². The van der Waals surface area contributed by atoms with E-state index in [0.29, 0.717) is 24.7 Å². The van der Waals surface area contributed by atoms with Gasteiger partial charge in [-0.1, -0.05) is 91.2 Å². The summed E-state index contributed by atoms with van der Waals surface area (Å²) in [5.74, 6) is 2.16. The van der Waals surface area contributed by atoms with Crippen LogP contribution in [0.25, 0.3) is 0 Å². The standard InChI is InChI=1S/C22H23NO2S2/c1-17(23-13-14-27-22(23)26)21(25-16-20-11-7-4-8-12-20)18(2)24-15-19-9-5-3-6-10-19/h3-12H,2,13-16H2,1H3/b21-17-.